The van der Waals surface area contributed by atoms with Crippen LogP contribution in [0.3, 0.4) is 0 Å². The molecule has 0 heterocycles. The fourth-order valence-electron chi connectivity index (χ4n) is 2.11. The summed E-state index contributed by atoms with van der Waals surface area (Å²) in [6.45, 7) is 1.49. The highest BCUT2D eigenvalue weighted by Crippen LogP contribution is 2.25. The second-order valence-electron chi connectivity index (χ2n) is 5.28. The second-order valence-corrected chi connectivity index (χ2v) is 6.09. The van der Waals surface area contributed by atoms with Crippen LogP contribution in [0.15, 0.2) is 54.6 Å². The van der Waals surface area contributed by atoms with Crippen molar-refractivity contribution in [2.75, 3.05) is 6.61 Å². The van der Waals surface area contributed by atoms with Gasteiger partial charge in [0.2, 0.25) is 0 Å². The summed E-state index contributed by atoms with van der Waals surface area (Å²) in [5, 5.41) is 3.61. The number of ether oxygens (including phenoxy) is 1. The van der Waals surface area contributed by atoms with E-state index in [2.05, 4.69) is 5.32 Å². The molecule has 0 fully saturated rings. The number of benzene rings is 2. The number of carbonyl (C=O) groups is 2. The van der Waals surface area contributed by atoms with Gasteiger partial charge in [0, 0.05) is 21.7 Å². The standard InChI is InChI=1S/C19H17Cl2NO3/c1-13(14-6-3-2-4-7-14)22-18(23)12-25-19(24)11-10-15-16(20)8-5-9-17(15)21/h2-11,13H,12H2,1H3,(H,22,23)/b11-10+/t13-/m0/s1. The molecule has 2 aromatic rings. The minimum atomic E-state index is -0.654. The maximum atomic E-state index is 11.9. The van der Waals surface area contributed by atoms with Crippen LogP contribution in [-0.2, 0) is 14.3 Å². The van der Waals surface area contributed by atoms with E-state index >= 15 is 0 Å². The molecule has 0 unspecified atom stereocenters. The molecule has 0 radical (unpaired) electrons. The van der Waals surface area contributed by atoms with Crippen LogP contribution >= 0.6 is 23.2 Å². The maximum Gasteiger partial charge on any atom is 0.331 e. The quantitative estimate of drug-likeness (QED) is 0.598. The molecule has 2 rings (SSSR count). The first-order valence-corrected chi connectivity index (χ1v) is 8.36. The first-order chi connectivity index (χ1) is 12.0. The monoisotopic (exact) mass is 377 g/mol. The first-order valence-electron chi connectivity index (χ1n) is 7.60. The number of halogens is 2. The number of rotatable bonds is 6. The number of hydrogen-bond acceptors (Lipinski definition) is 3. The van der Waals surface area contributed by atoms with Gasteiger partial charge in [0.05, 0.1) is 6.04 Å². The minimum absolute atomic E-state index is 0.176. The number of esters is 1. The Labute approximate surface area is 156 Å². The lowest BCUT2D eigenvalue weighted by molar-refractivity contribution is -0.144. The summed E-state index contributed by atoms with van der Waals surface area (Å²) >= 11 is 12.0. The molecule has 130 valence electrons. The van der Waals surface area contributed by atoms with Gasteiger partial charge in [-0.3, -0.25) is 4.79 Å². The van der Waals surface area contributed by atoms with Crippen LogP contribution in [0.5, 0.6) is 0 Å². The highest BCUT2D eigenvalue weighted by molar-refractivity contribution is 6.37. The maximum absolute atomic E-state index is 11.9. The third-order valence-electron chi connectivity index (χ3n) is 3.41. The van der Waals surface area contributed by atoms with Crippen molar-refractivity contribution in [2.24, 2.45) is 0 Å². The van der Waals surface area contributed by atoms with E-state index in [1.54, 1.807) is 18.2 Å². The summed E-state index contributed by atoms with van der Waals surface area (Å²) in [6.07, 6.45) is 2.64. The Hall–Kier alpha value is -2.30. The van der Waals surface area contributed by atoms with E-state index in [-0.39, 0.29) is 18.6 Å². The molecule has 2 aromatic carbocycles. The molecule has 1 atom stereocenters. The zero-order valence-corrected chi connectivity index (χ0v) is 15.1. The van der Waals surface area contributed by atoms with Crippen LogP contribution in [0.25, 0.3) is 6.08 Å². The van der Waals surface area contributed by atoms with E-state index in [1.165, 1.54) is 12.2 Å². The van der Waals surface area contributed by atoms with Gasteiger partial charge in [0.25, 0.3) is 5.91 Å². The van der Waals surface area contributed by atoms with Gasteiger partial charge >= 0.3 is 5.97 Å². The predicted octanol–water partition coefficient (Wildman–Crippen LogP) is 4.43. The highest BCUT2D eigenvalue weighted by Gasteiger charge is 2.11. The van der Waals surface area contributed by atoms with Gasteiger partial charge in [0.15, 0.2) is 6.61 Å². The van der Waals surface area contributed by atoms with Crippen LogP contribution in [0.1, 0.15) is 24.1 Å². The van der Waals surface area contributed by atoms with Crippen LogP contribution in [0.2, 0.25) is 10.0 Å². The summed E-state index contributed by atoms with van der Waals surface area (Å²) < 4.78 is 4.92. The topological polar surface area (TPSA) is 55.4 Å². The Balaban J connectivity index is 1.83. The van der Waals surface area contributed by atoms with Gasteiger partial charge in [-0.1, -0.05) is 59.6 Å². The van der Waals surface area contributed by atoms with E-state index in [4.69, 9.17) is 27.9 Å². The van der Waals surface area contributed by atoms with Crippen LogP contribution < -0.4 is 5.32 Å². The molecule has 1 amide bonds. The molecular weight excluding hydrogens is 361 g/mol. The van der Waals surface area contributed by atoms with Crippen LogP contribution in [0.4, 0.5) is 0 Å². The summed E-state index contributed by atoms with van der Waals surface area (Å²) in [5.41, 5.74) is 1.49. The van der Waals surface area contributed by atoms with Gasteiger partial charge in [0.1, 0.15) is 0 Å². The van der Waals surface area contributed by atoms with E-state index in [1.807, 2.05) is 37.3 Å². The lowest BCUT2D eigenvalue weighted by Crippen LogP contribution is -2.30. The average Bonchev–Trinajstić information content (AvgIpc) is 2.60. The number of hydrogen-bond donors (Lipinski definition) is 1. The molecular formula is C19H17Cl2NO3. The predicted molar refractivity (Wildman–Crippen MR) is 99.5 cm³/mol. The summed E-state index contributed by atoms with van der Waals surface area (Å²) in [5.74, 6) is -1.03. The van der Waals surface area contributed by atoms with Crippen molar-refractivity contribution in [3.8, 4) is 0 Å². The van der Waals surface area contributed by atoms with Crippen molar-refractivity contribution in [3.63, 3.8) is 0 Å². The van der Waals surface area contributed by atoms with Crippen LogP contribution in [0, 0.1) is 0 Å². The van der Waals surface area contributed by atoms with Crippen molar-refractivity contribution in [2.45, 2.75) is 13.0 Å². The lowest BCUT2D eigenvalue weighted by Gasteiger charge is -2.14. The Kier molecular flexibility index (Phi) is 7.04. The average molecular weight is 378 g/mol. The van der Waals surface area contributed by atoms with E-state index in [0.29, 0.717) is 15.6 Å². The molecule has 4 nitrogen and oxygen atoms in total. The number of amides is 1. The van der Waals surface area contributed by atoms with E-state index in [0.717, 1.165) is 5.56 Å². The fourth-order valence-corrected chi connectivity index (χ4v) is 2.64. The molecule has 0 aromatic heterocycles. The fraction of sp³-hybridized carbons (Fsp3) is 0.158. The van der Waals surface area contributed by atoms with Crippen molar-refractivity contribution in [3.05, 3.63) is 75.8 Å². The number of carbonyl (C=O) groups excluding carboxylic acids is 2. The van der Waals surface area contributed by atoms with Crippen molar-refractivity contribution >= 4 is 41.2 Å². The minimum Gasteiger partial charge on any atom is -0.452 e. The van der Waals surface area contributed by atoms with Gasteiger partial charge in [-0.05, 0) is 30.7 Å². The Bertz CT molecular complexity index is 755. The summed E-state index contributed by atoms with van der Waals surface area (Å²) in [4.78, 5) is 23.6. The van der Waals surface area contributed by atoms with Gasteiger partial charge in [-0.2, -0.15) is 0 Å². The largest absolute Gasteiger partial charge is 0.452 e. The Morgan fingerprint density at radius 2 is 1.72 bits per heavy atom. The summed E-state index contributed by atoms with van der Waals surface area (Å²) in [6, 6.07) is 14.4. The molecule has 0 bridgehead atoms. The van der Waals surface area contributed by atoms with Crippen molar-refractivity contribution in [1.29, 1.82) is 0 Å². The number of nitrogens with one attached hydrogen (secondary N) is 1. The molecule has 0 saturated heterocycles. The third-order valence-corrected chi connectivity index (χ3v) is 4.07. The van der Waals surface area contributed by atoms with Crippen LogP contribution in [-0.4, -0.2) is 18.5 Å². The zero-order valence-electron chi connectivity index (χ0n) is 13.5. The highest BCUT2D eigenvalue weighted by atomic mass is 35.5. The molecule has 0 spiro atoms. The zero-order chi connectivity index (χ0) is 18.2. The summed E-state index contributed by atoms with van der Waals surface area (Å²) in [7, 11) is 0. The second kappa shape index (κ2) is 9.25. The molecule has 0 aliphatic heterocycles. The molecule has 0 aliphatic carbocycles. The molecule has 0 aliphatic rings. The van der Waals surface area contributed by atoms with Crippen molar-refractivity contribution in [1.82, 2.24) is 5.32 Å². The van der Waals surface area contributed by atoms with Gasteiger partial charge in [-0.25, -0.2) is 4.79 Å². The van der Waals surface area contributed by atoms with Gasteiger partial charge < -0.3 is 10.1 Å². The SMILES string of the molecule is C[C@H](NC(=O)COC(=O)/C=C/c1c(Cl)cccc1Cl)c1ccccc1. The van der Waals surface area contributed by atoms with Gasteiger partial charge in [-0.15, -0.1) is 0 Å². The molecule has 25 heavy (non-hydrogen) atoms. The first kappa shape index (κ1) is 19.0. The Morgan fingerprint density at radius 1 is 1.08 bits per heavy atom. The third kappa shape index (κ3) is 5.93. The molecule has 6 heteroatoms. The lowest BCUT2D eigenvalue weighted by atomic mass is 10.1. The van der Waals surface area contributed by atoms with Crippen molar-refractivity contribution < 1.29 is 14.3 Å². The normalized spacial score (nSPS) is 12.0. The van der Waals surface area contributed by atoms with E-state index in [9.17, 15) is 9.59 Å². The molecule has 0 saturated carbocycles. The Morgan fingerprint density at radius 3 is 2.36 bits per heavy atom. The smallest absolute Gasteiger partial charge is 0.331 e. The van der Waals surface area contributed by atoms with E-state index < -0.39 is 5.97 Å². The molecule has 1 N–H and O–H groups in total.